The molecule has 2 fully saturated rings. The fourth-order valence-electron chi connectivity index (χ4n) is 3.71. The molecule has 0 aromatic heterocycles. The van der Waals surface area contributed by atoms with E-state index in [-0.39, 0.29) is 16.4 Å². The number of hydrogen-bond donors (Lipinski definition) is 6. The lowest BCUT2D eigenvalue weighted by atomic mass is 9.87. The van der Waals surface area contributed by atoms with Crippen LogP contribution in [-0.4, -0.2) is 74.4 Å². The number of aliphatic hydroxyl groups is 1. The number of aliphatic hydroxyl groups excluding tert-OH is 1. The molecule has 2 saturated heterocycles. The highest BCUT2D eigenvalue weighted by Crippen LogP contribution is 2.39. The first-order chi connectivity index (χ1) is 11.6. The maximum atomic E-state index is 11.6. The largest absolute Gasteiger partial charge is 0.481 e. The van der Waals surface area contributed by atoms with E-state index in [0.29, 0.717) is 13.0 Å². The molecule has 0 unspecified atom stereocenters. The van der Waals surface area contributed by atoms with Crippen LogP contribution in [0.4, 0.5) is 0 Å². The molecule has 2 heterocycles. The average molecular weight is 375 g/mol. The first kappa shape index (κ1) is 20.0. The Morgan fingerprint density at radius 2 is 1.92 bits per heavy atom. The van der Waals surface area contributed by atoms with Gasteiger partial charge in [-0.25, -0.2) is 0 Å². The summed E-state index contributed by atoms with van der Waals surface area (Å²) >= 11 is 1.44. The topological polar surface area (TPSA) is 162 Å². The average Bonchev–Trinajstić information content (AvgIpc) is 3.07. The number of aliphatic carboxylic acids is 2. The monoisotopic (exact) mass is 375 g/mol. The lowest BCUT2D eigenvalue weighted by Gasteiger charge is -2.27. The van der Waals surface area contributed by atoms with Gasteiger partial charge in [-0.1, -0.05) is 6.92 Å². The van der Waals surface area contributed by atoms with Crippen molar-refractivity contribution in [2.45, 2.75) is 55.0 Å². The van der Waals surface area contributed by atoms with Crippen molar-refractivity contribution in [2.75, 3.05) is 6.54 Å². The standard InChI is InChI=1S/C15H25N3O6S/c1-5-10(9(6(2)19)14(21)22)18-11(15(23)24)12(5)25-7-3-8(13(16)20)17-4-7/h5-12,17-19H,3-4H2,1-2H3,(H2,16,20)(H,21,22)(H,23,24)/t5-,6-,7+,8+,9-,10-,11-,12-/m1/s1. The number of hydrogen-bond acceptors (Lipinski definition) is 7. The van der Waals surface area contributed by atoms with E-state index < -0.39 is 48.0 Å². The first-order valence-corrected chi connectivity index (χ1v) is 9.15. The molecule has 0 bridgehead atoms. The van der Waals surface area contributed by atoms with Gasteiger partial charge in [0.1, 0.15) is 6.04 Å². The molecular formula is C15H25N3O6S. The molecular weight excluding hydrogens is 350 g/mol. The number of nitrogens with two attached hydrogens (primary N) is 1. The van der Waals surface area contributed by atoms with Crippen LogP contribution in [0.25, 0.3) is 0 Å². The molecule has 1 amide bonds. The molecule has 0 spiro atoms. The van der Waals surface area contributed by atoms with Crippen LogP contribution >= 0.6 is 11.8 Å². The fraction of sp³-hybridized carbons (Fsp3) is 0.800. The highest BCUT2D eigenvalue weighted by atomic mass is 32.2. The van der Waals surface area contributed by atoms with Crippen molar-refractivity contribution in [3.63, 3.8) is 0 Å². The molecule has 7 N–H and O–H groups in total. The smallest absolute Gasteiger partial charge is 0.321 e. The maximum absolute atomic E-state index is 11.6. The van der Waals surface area contributed by atoms with Crippen LogP contribution in [0.3, 0.4) is 0 Å². The van der Waals surface area contributed by atoms with E-state index in [2.05, 4.69) is 10.6 Å². The predicted molar refractivity (Wildman–Crippen MR) is 91.1 cm³/mol. The number of amides is 1. The van der Waals surface area contributed by atoms with Gasteiger partial charge in [-0.2, -0.15) is 11.8 Å². The predicted octanol–water partition coefficient (Wildman–Crippen LogP) is -1.55. The molecule has 2 rings (SSSR count). The van der Waals surface area contributed by atoms with Crippen molar-refractivity contribution in [1.82, 2.24) is 10.6 Å². The molecule has 8 atom stereocenters. The van der Waals surface area contributed by atoms with Crippen LogP contribution in [-0.2, 0) is 14.4 Å². The van der Waals surface area contributed by atoms with Crippen molar-refractivity contribution in [2.24, 2.45) is 17.6 Å². The molecule has 0 radical (unpaired) electrons. The van der Waals surface area contributed by atoms with Crippen LogP contribution in [0.15, 0.2) is 0 Å². The third-order valence-corrected chi connectivity index (χ3v) is 6.79. The highest BCUT2D eigenvalue weighted by Gasteiger charge is 2.51. The van der Waals surface area contributed by atoms with E-state index in [1.807, 2.05) is 0 Å². The molecule has 0 aromatic rings. The van der Waals surface area contributed by atoms with Gasteiger partial charge in [0.15, 0.2) is 0 Å². The first-order valence-electron chi connectivity index (χ1n) is 8.21. The van der Waals surface area contributed by atoms with Crippen LogP contribution in [0.2, 0.25) is 0 Å². The Bertz CT molecular complexity index is 545. The van der Waals surface area contributed by atoms with Crippen LogP contribution in [0.1, 0.15) is 20.3 Å². The van der Waals surface area contributed by atoms with Crippen molar-refractivity contribution in [3.05, 3.63) is 0 Å². The Morgan fingerprint density at radius 3 is 2.36 bits per heavy atom. The molecule has 25 heavy (non-hydrogen) atoms. The highest BCUT2D eigenvalue weighted by molar-refractivity contribution is 8.00. The van der Waals surface area contributed by atoms with Crippen molar-refractivity contribution < 1.29 is 29.7 Å². The number of thioether (sulfide) groups is 1. The van der Waals surface area contributed by atoms with Gasteiger partial charge >= 0.3 is 11.9 Å². The third kappa shape index (κ3) is 4.25. The Labute approximate surface area is 149 Å². The minimum atomic E-state index is -1.16. The summed E-state index contributed by atoms with van der Waals surface area (Å²) in [6.07, 6.45) is -0.595. The van der Waals surface area contributed by atoms with Gasteiger partial charge in [0.25, 0.3) is 0 Å². The van der Waals surface area contributed by atoms with Gasteiger partial charge in [0, 0.05) is 23.1 Å². The third-order valence-electron chi connectivity index (χ3n) is 5.03. The number of carboxylic acid groups (broad SMARTS) is 2. The molecule has 2 aliphatic heterocycles. The van der Waals surface area contributed by atoms with E-state index in [1.54, 1.807) is 6.92 Å². The Morgan fingerprint density at radius 1 is 1.28 bits per heavy atom. The summed E-state index contributed by atoms with van der Waals surface area (Å²) in [6, 6.07) is -2.00. The van der Waals surface area contributed by atoms with E-state index in [1.165, 1.54) is 18.7 Å². The summed E-state index contributed by atoms with van der Waals surface area (Å²) in [5.74, 6) is -4.03. The summed E-state index contributed by atoms with van der Waals surface area (Å²) in [7, 11) is 0. The van der Waals surface area contributed by atoms with E-state index in [9.17, 15) is 29.7 Å². The Kier molecular flexibility index (Phi) is 6.30. The summed E-state index contributed by atoms with van der Waals surface area (Å²) in [4.78, 5) is 34.4. The lowest BCUT2D eigenvalue weighted by molar-refractivity contribution is -0.147. The summed E-state index contributed by atoms with van der Waals surface area (Å²) < 4.78 is 0. The number of primary amides is 1. The summed E-state index contributed by atoms with van der Waals surface area (Å²) in [6.45, 7) is 3.73. The number of nitrogens with one attached hydrogen (secondary N) is 2. The van der Waals surface area contributed by atoms with Crippen molar-refractivity contribution in [1.29, 1.82) is 0 Å². The molecule has 9 nitrogen and oxygen atoms in total. The van der Waals surface area contributed by atoms with Crippen LogP contribution in [0.5, 0.6) is 0 Å². The van der Waals surface area contributed by atoms with Gasteiger partial charge in [-0.3, -0.25) is 19.7 Å². The lowest BCUT2D eigenvalue weighted by Crippen LogP contribution is -2.47. The van der Waals surface area contributed by atoms with Gasteiger partial charge in [-0.05, 0) is 19.3 Å². The second-order valence-corrected chi connectivity index (χ2v) is 8.28. The van der Waals surface area contributed by atoms with Crippen molar-refractivity contribution >= 4 is 29.6 Å². The molecule has 0 aliphatic carbocycles. The molecule has 142 valence electrons. The number of carbonyl (C=O) groups is 3. The Hall–Kier alpha value is -1.36. The minimum Gasteiger partial charge on any atom is -0.481 e. The quantitative estimate of drug-likeness (QED) is 0.309. The normalized spacial score (nSPS) is 37.6. The van der Waals surface area contributed by atoms with Crippen molar-refractivity contribution in [3.8, 4) is 0 Å². The second-order valence-electron chi connectivity index (χ2n) is 6.79. The number of carbonyl (C=O) groups excluding carboxylic acids is 1. The fourth-order valence-corrected chi connectivity index (χ4v) is 5.42. The van der Waals surface area contributed by atoms with Crippen LogP contribution in [0, 0.1) is 11.8 Å². The maximum Gasteiger partial charge on any atom is 0.321 e. The van der Waals surface area contributed by atoms with E-state index in [4.69, 9.17) is 5.73 Å². The summed E-state index contributed by atoms with van der Waals surface area (Å²) in [5, 5.41) is 34.3. The second kappa shape index (κ2) is 7.90. The SMILES string of the molecule is C[C@@H]1[C@H]([C@H](C(=O)O)[C@@H](C)O)N[C@@H](C(=O)O)[C@@H]1S[C@@H]1CN[C@H](C(N)=O)C1. The number of rotatable bonds is 7. The van der Waals surface area contributed by atoms with E-state index >= 15 is 0 Å². The number of carboxylic acids is 2. The zero-order chi connectivity index (χ0) is 18.9. The van der Waals surface area contributed by atoms with E-state index in [0.717, 1.165) is 0 Å². The van der Waals surface area contributed by atoms with Crippen LogP contribution < -0.4 is 16.4 Å². The molecule has 10 heteroatoms. The summed E-state index contributed by atoms with van der Waals surface area (Å²) in [5.41, 5.74) is 5.29. The molecule has 0 aromatic carbocycles. The zero-order valence-corrected chi connectivity index (χ0v) is 14.9. The van der Waals surface area contributed by atoms with Gasteiger partial charge in [0.05, 0.1) is 18.1 Å². The van der Waals surface area contributed by atoms with Gasteiger partial charge in [0.2, 0.25) is 5.91 Å². The Balaban J connectivity index is 2.14. The zero-order valence-electron chi connectivity index (χ0n) is 14.1. The van der Waals surface area contributed by atoms with Gasteiger partial charge < -0.3 is 26.4 Å². The molecule has 2 aliphatic rings. The van der Waals surface area contributed by atoms with Gasteiger partial charge in [-0.15, -0.1) is 0 Å². The minimum absolute atomic E-state index is 0.0159. The molecule has 0 saturated carbocycles.